The molecule has 1 radical (unpaired) electrons. The smallest absolute Gasteiger partial charge is 0.101 e. The van der Waals surface area contributed by atoms with Gasteiger partial charge >= 0.3 is 0 Å². The van der Waals surface area contributed by atoms with E-state index in [1.165, 1.54) is 0 Å². The zero-order chi connectivity index (χ0) is 8.97. The van der Waals surface area contributed by atoms with Crippen LogP contribution in [0.4, 0.5) is 0 Å². The van der Waals surface area contributed by atoms with Gasteiger partial charge in [-0.15, -0.1) is 11.8 Å². The molecule has 1 aromatic carbocycles. The Morgan fingerprint density at radius 1 is 1.50 bits per heavy atom. The van der Waals surface area contributed by atoms with Crippen LogP contribution >= 0.6 is 11.8 Å². The fourth-order valence-corrected chi connectivity index (χ4v) is 1.54. The van der Waals surface area contributed by atoms with Crippen LogP contribution in [0.25, 0.3) is 0 Å². The minimum absolute atomic E-state index is 0.667. The van der Waals surface area contributed by atoms with E-state index in [0.717, 1.165) is 10.5 Å². The fourth-order valence-electron chi connectivity index (χ4n) is 0.964. The highest BCUT2D eigenvalue weighted by Gasteiger charge is 2.03. The molecule has 1 rings (SSSR count). The van der Waals surface area contributed by atoms with E-state index < -0.39 is 0 Å². The maximum absolute atomic E-state index is 8.83. The van der Waals surface area contributed by atoms with Crippen LogP contribution in [0.5, 0.6) is 0 Å². The maximum Gasteiger partial charge on any atom is 0.101 e. The SMILES string of the molecule is C=[C]c1cccc(SC)c1C#N. The van der Waals surface area contributed by atoms with Gasteiger partial charge in [-0.1, -0.05) is 18.7 Å². The van der Waals surface area contributed by atoms with Crippen LogP contribution in [0.15, 0.2) is 29.7 Å². The highest BCUT2D eigenvalue weighted by Crippen LogP contribution is 2.22. The van der Waals surface area contributed by atoms with Crippen molar-refractivity contribution < 1.29 is 0 Å². The van der Waals surface area contributed by atoms with Gasteiger partial charge in [0.05, 0.1) is 5.56 Å². The minimum Gasteiger partial charge on any atom is -0.192 e. The lowest BCUT2D eigenvalue weighted by atomic mass is 10.1. The molecular weight excluding hydrogens is 166 g/mol. The topological polar surface area (TPSA) is 23.8 Å². The molecule has 0 unspecified atom stereocenters. The third kappa shape index (κ3) is 1.51. The number of hydrogen-bond acceptors (Lipinski definition) is 2. The van der Waals surface area contributed by atoms with Crippen LogP contribution in [0.2, 0.25) is 0 Å². The predicted molar refractivity (Wildman–Crippen MR) is 50.9 cm³/mol. The number of nitrogens with zero attached hydrogens (tertiary/aromatic N) is 1. The summed E-state index contributed by atoms with van der Waals surface area (Å²) in [6.45, 7) is 3.53. The van der Waals surface area contributed by atoms with E-state index in [0.29, 0.717) is 5.56 Å². The van der Waals surface area contributed by atoms with Crippen molar-refractivity contribution in [2.45, 2.75) is 4.90 Å². The molecule has 1 nitrogen and oxygen atoms in total. The van der Waals surface area contributed by atoms with E-state index in [1.807, 2.05) is 24.5 Å². The van der Waals surface area contributed by atoms with Gasteiger partial charge in [-0.25, -0.2) is 0 Å². The van der Waals surface area contributed by atoms with Crippen LogP contribution in [0, 0.1) is 17.4 Å². The summed E-state index contributed by atoms with van der Waals surface area (Å²) in [4.78, 5) is 0.978. The lowest BCUT2D eigenvalue weighted by Crippen LogP contribution is -1.85. The van der Waals surface area contributed by atoms with E-state index in [-0.39, 0.29) is 0 Å². The van der Waals surface area contributed by atoms with Gasteiger partial charge in [0.1, 0.15) is 6.07 Å². The normalized spacial score (nSPS) is 9.00. The molecule has 0 aliphatic carbocycles. The van der Waals surface area contributed by atoms with Gasteiger partial charge in [-0.05, 0) is 18.4 Å². The van der Waals surface area contributed by atoms with Gasteiger partial charge in [0, 0.05) is 10.5 Å². The van der Waals surface area contributed by atoms with Crippen molar-refractivity contribution >= 4 is 11.8 Å². The summed E-state index contributed by atoms with van der Waals surface area (Å²) in [7, 11) is 0. The number of hydrogen-bond donors (Lipinski definition) is 0. The van der Waals surface area contributed by atoms with Gasteiger partial charge < -0.3 is 0 Å². The Hall–Kier alpha value is -1.20. The fraction of sp³-hybridized carbons (Fsp3) is 0.100. The quantitative estimate of drug-likeness (QED) is 0.643. The summed E-state index contributed by atoms with van der Waals surface area (Å²) in [5.41, 5.74) is 1.45. The van der Waals surface area contributed by atoms with Crippen molar-refractivity contribution in [2.24, 2.45) is 0 Å². The van der Waals surface area contributed by atoms with Crippen LogP contribution in [0.1, 0.15) is 11.1 Å². The first kappa shape index (κ1) is 8.89. The molecule has 0 heterocycles. The molecule has 12 heavy (non-hydrogen) atoms. The molecule has 0 N–H and O–H groups in total. The Morgan fingerprint density at radius 3 is 2.75 bits per heavy atom. The summed E-state index contributed by atoms with van der Waals surface area (Å²) in [5.74, 6) is 0. The third-order valence-electron chi connectivity index (χ3n) is 1.55. The Labute approximate surface area is 76.7 Å². The Morgan fingerprint density at radius 2 is 2.25 bits per heavy atom. The predicted octanol–water partition coefficient (Wildman–Crippen LogP) is 2.62. The standard InChI is InChI=1S/C10H8NS/c1-3-8-5-4-6-10(12-2)9(8)7-11/h4-6H,1H2,2H3. The molecular formula is C10H8NS. The monoisotopic (exact) mass is 174 g/mol. The molecule has 0 amide bonds. The molecule has 0 fully saturated rings. The van der Waals surface area contributed by atoms with Crippen LogP contribution in [-0.4, -0.2) is 6.26 Å². The first-order chi connectivity index (χ1) is 5.83. The molecule has 2 heteroatoms. The molecule has 0 spiro atoms. The van der Waals surface area contributed by atoms with Gasteiger partial charge in [0.15, 0.2) is 0 Å². The summed E-state index contributed by atoms with van der Waals surface area (Å²) in [5, 5.41) is 8.83. The second-order valence-electron chi connectivity index (χ2n) is 2.17. The Kier molecular flexibility index (Phi) is 2.95. The van der Waals surface area contributed by atoms with Gasteiger partial charge in [0.2, 0.25) is 0 Å². The van der Waals surface area contributed by atoms with E-state index in [9.17, 15) is 0 Å². The lowest BCUT2D eigenvalue weighted by molar-refractivity contribution is 1.33. The molecule has 0 saturated carbocycles. The van der Waals surface area contributed by atoms with Crippen LogP contribution < -0.4 is 0 Å². The first-order valence-electron chi connectivity index (χ1n) is 3.43. The summed E-state index contributed by atoms with van der Waals surface area (Å²) < 4.78 is 0. The zero-order valence-electron chi connectivity index (χ0n) is 6.79. The van der Waals surface area contributed by atoms with Crippen molar-refractivity contribution in [2.75, 3.05) is 6.26 Å². The Bertz CT molecular complexity index is 336. The van der Waals surface area contributed by atoms with Gasteiger partial charge in [-0.3, -0.25) is 0 Å². The molecule has 0 saturated heterocycles. The van der Waals surface area contributed by atoms with Gasteiger partial charge in [0.25, 0.3) is 0 Å². The summed E-state index contributed by atoms with van der Waals surface area (Å²) >= 11 is 1.56. The maximum atomic E-state index is 8.83. The molecule has 0 aromatic heterocycles. The first-order valence-corrected chi connectivity index (χ1v) is 4.66. The highest BCUT2D eigenvalue weighted by molar-refractivity contribution is 7.98. The average molecular weight is 174 g/mol. The van der Waals surface area contributed by atoms with Crippen LogP contribution in [0.3, 0.4) is 0 Å². The average Bonchev–Trinajstić information content (AvgIpc) is 2.16. The lowest BCUT2D eigenvalue weighted by Gasteiger charge is -2.01. The van der Waals surface area contributed by atoms with Crippen LogP contribution in [-0.2, 0) is 0 Å². The Balaban J connectivity index is 3.34. The molecule has 1 aromatic rings. The van der Waals surface area contributed by atoms with E-state index in [4.69, 9.17) is 5.26 Å². The number of benzene rings is 1. The van der Waals surface area contributed by atoms with Gasteiger partial charge in [-0.2, -0.15) is 5.26 Å². The minimum atomic E-state index is 0.667. The molecule has 0 atom stereocenters. The number of thioether (sulfide) groups is 1. The van der Waals surface area contributed by atoms with Crippen molar-refractivity contribution in [1.82, 2.24) is 0 Å². The zero-order valence-corrected chi connectivity index (χ0v) is 7.61. The molecule has 59 valence electrons. The van der Waals surface area contributed by atoms with Crippen molar-refractivity contribution in [3.63, 3.8) is 0 Å². The second kappa shape index (κ2) is 3.99. The van der Waals surface area contributed by atoms with Crippen molar-refractivity contribution in [1.29, 1.82) is 5.26 Å². The van der Waals surface area contributed by atoms with E-state index >= 15 is 0 Å². The number of nitriles is 1. The van der Waals surface area contributed by atoms with Crippen molar-refractivity contribution in [3.8, 4) is 6.07 Å². The molecule has 0 aliphatic heterocycles. The second-order valence-corrected chi connectivity index (χ2v) is 3.02. The highest BCUT2D eigenvalue weighted by atomic mass is 32.2. The summed E-state index contributed by atoms with van der Waals surface area (Å²) in [6.07, 6.45) is 4.68. The third-order valence-corrected chi connectivity index (χ3v) is 2.33. The van der Waals surface area contributed by atoms with E-state index in [1.54, 1.807) is 11.8 Å². The van der Waals surface area contributed by atoms with Crippen molar-refractivity contribution in [3.05, 3.63) is 42.0 Å². The largest absolute Gasteiger partial charge is 0.192 e. The van der Waals surface area contributed by atoms with E-state index in [2.05, 4.69) is 18.7 Å². The summed E-state index contributed by atoms with van der Waals surface area (Å²) in [6, 6.07) is 7.80. The number of rotatable bonds is 2. The molecule has 0 bridgehead atoms. The molecule has 0 aliphatic rings.